The van der Waals surface area contributed by atoms with E-state index in [0.717, 1.165) is 28.2 Å². The van der Waals surface area contributed by atoms with E-state index in [1.807, 2.05) is 97.1 Å². The number of benzene rings is 4. The first kappa shape index (κ1) is 21.9. The van der Waals surface area contributed by atoms with Crippen molar-refractivity contribution in [3.63, 3.8) is 0 Å². The van der Waals surface area contributed by atoms with Crippen molar-refractivity contribution in [1.29, 1.82) is 0 Å². The van der Waals surface area contributed by atoms with E-state index in [0.29, 0.717) is 17.8 Å². The highest BCUT2D eigenvalue weighted by Crippen LogP contribution is 2.24. The Balaban J connectivity index is 1.45. The van der Waals surface area contributed by atoms with Gasteiger partial charge in [0.15, 0.2) is 0 Å². The van der Waals surface area contributed by atoms with Crippen molar-refractivity contribution in [2.45, 2.75) is 0 Å². The molecule has 0 aliphatic rings. The predicted molar refractivity (Wildman–Crippen MR) is 144 cm³/mol. The van der Waals surface area contributed by atoms with Crippen LogP contribution in [0.4, 0.5) is 34.9 Å². The molecular weight excluding hydrogens is 432 g/mol. The molecule has 5 aromatic rings. The van der Waals surface area contributed by atoms with E-state index >= 15 is 0 Å². The van der Waals surface area contributed by atoms with Gasteiger partial charge in [-0.25, -0.2) is 0 Å². The molecule has 3 N–H and O–H groups in total. The molecule has 0 saturated heterocycles. The van der Waals surface area contributed by atoms with Crippen LogP contribution < -0.4 is 16.0 Å². The van der Waals surface area contributed by atoms with E-state index in [1.54, 1.807) is 0 Å². The Morgan fingerprint density at radius 3 is 1.46 bits per heavy atom. The number of nitrogens with one attached hydrogen (secondary N) is 3. The molecule has 0 spiro atoms. The SMILES string of the molecule is C(=Cc1ccccc1Nc1nc(Nc2ccccc2)nc(Nc2ccccc2)n1)c1ccccc1. The number of anilines is 6. The quantitative estimate of drug-likeness (QED) is 0.213. The van der Waals surface area contributed by atoms with Crippen LogP contribution in [0, 0.1) is 0 Å². The predicted octanol–water partition coefficient (Wildman–Crippen LogP) is 7.27. The molecule has 0 aliphatic carbocycles. The number of aromatic nitrogens is 3. The van der Waals surface area contributed by atoms with Crippen molar-refractivity contribution in [3.05, 3.63) is 126 Å². The van der Waals surface area contributed by atoms with Crippen LogP contribution in [0.2, 0.25) is 0 Å². The lowest BCUT2D eigenvalue weighted by Gasteiger charge is -2.13. The molecule has 35 heavy (non-hydrogen) atoms. The van der Waals surface area contributed by atoms with Crippen LogP contribution in [0.3, 0.4) is 0 Å². The van der Waals surface area contributed by atoms with Crippen LogP contribution in [0.15, 0.2) is 115 Å². The van der Waals surface area contributed by atoms with Crippen LogP contribution >= 0.6 is 0 Å². The third-order valence-corrected chi connectivity index (χ3v) is 5.16. The number of nitrogens with zero attached hydrogens (tertiary/aromatic N) is 3. The summed E-state index contributed by atoms with van der Waals surface area (Å²) in [6.07, 6.45) is 4.16. The minimum absolute atomic E-state index is 0.428. The Morgan fingerprint density at radius 1 is 0.429 bits per heavy atom. The smallest absolute Gasteiger partial charge is 0.233 e. The maximum absolute atomic E-state index is 4.62. The summed E-state index contributed by atoms with van der Waals surface area (Å²) in [5, 5.41) is 9.89. The molecule has 0 atom stereocenters. The summed E-state index contributed by atoms with van der Waals surface area (Å²) in [6, 6.07) is 37.9. The van der Waals surface area contributed by atoms with Gasteiger partial charge < -0.3 is 16.0 Å². The van der Waals surface area contributed by atoms with Gasteiger partial charge in [-0.2, -0.15) is 15.0 Å². The molecule has 0 radical (unpaired) electrons. The van der Waals surface area contributed by atoms with Gasteiger partial charge in [-0.1, -0.05) is 97.1 Å². The summed E-state index contributed by atoms with van der Waals surface area (Å²) in [6.45, 7) is 0. The highest BCUT2D eigenvalue weighted by Gasteiger charge is 2.09. The molecule has 0 amide bonds. The van der Waals surface area contributed by atoms with Gasteiger partial charge in [0.05, 0.1) is 0 Å². The standard InChI is InChI=1S/C29H24N6/c1-4-12-22(13-5-1)20-21-23-14-10-11-19-26(23)32-29-34-27(30-24-15-6-2-7-16-24)33-28(35-29)31-25-17-8-3-9-18-25/h1-21H,(H3,30,31,32,33,34,35). The fourth-order valence-electron chi connectivity index (χ4n) is 3.47. The average Bonchev–Trinajstić information content (AvgIpc) is 2.90. The topological polar surface area (TPSA) is 74.8 Å². The van der Waals surface area contributed by atoms with Gasteiger partial charge in [-0.3, -0.25) is 0 Å². The van der Waals surface area contributed by atoms with Crippen LogP contribution in [0.1, 0.15) is 11.1 Å². The highest BCUT2D eigenvalue weighted by atomic mass is 15.3. The first-order valence-corrected chi connectivity index (χ1v) is 11.3. The van der Waals surface area contributed by atoms with Gasteiger partial charge >= 0.3 is 0 Å². The molecule has 0 unspecified atom stereocenters. The molecule has 170 valence electrons. The molecular formula is C29H24N6. The second-order valence-electron chi connectivity index (χ2n) is 7.74. The summed E-state index contributed by atoms with van der Waals surface area (Å²) in [5.41, 5.74) is 4.82. The van der Waals surface area contributed by atoms with E-state index in [-0.39, 0.29) is 0 Å². The van der Waals surface area contributed by atoms with Crippen LogP contribution in [-0.2, 0) is 0 Å². The zero-order valence-electron chi connectivity index (χ0n) is 19.0. The van der Waals surface area contributed by atoms with Gasteiger partial charge in [0.25, 0.3) is 0 Å². The number of hydrogen-bond acceptors (Lipinski definition) is 6. The molecule has 6 nitrogen and oxygen atoms in total. The third-order valence-electron chi connectivity index (χ3n) is 5.16. The van der Waals surface area contributed by atoms with Crippen LogP contribution in [0.5, 0.6) is 0 Å². The zero-order chi connectivity index (χ0) is 23.7. The molecule has 4 aromatic carbocycles. The molecule has 0 bridgehead atoms. The van der Waals surface area contributed by atoms with E-state index < -0.39 is 0 Å². The van der Waals surface area contributed by atoms with Crippen molar-refractivity contribution in [2.24, 2.45) is 0 Å². The molecule has 6 heteroatoms. The summed E-state index contributed by atoms with van der Waals surface area (Å²) >= 11 is 0. The van der Waals surface area contributed by atoms with Gasteiger partial charge in [-0.05, 0) is 41.5 Å². The fraction of sp³-hybridized carbons (Fsp3) is 0. The minimum atomic E-state index is 0.428. The Morgan fingerprint density at radius 2 is 0.886 bits per heavy atom. The molecule has 0 aliphatic heterocycles. The van der Waals surface area contributed by atoms with Crippen LogP contribution in [0.25, 0.3) is 12.2 Å². The molecule has 0 fully saturated rings. The summed E-state index contributed by atoms with van der Waals surface area (Å²) in [4.78, 5) is 13.8. The third kappa shape index (κ3) is 6.09. The Bertz CT molecular complexity index is 1340. The van der Waals surface area contributed by atoms with Crippen molar-refractivity contribution in [3.8, 4) is 0 Å². The Labute approximate surface area is 204 Å². The number of rotatable bonds is 8. The molecule has 0 saturated carbocycles. The monoisotopic (exact) mass is 456 g/mol. The Kier molecular flexibility index (Phi) is 6.72. The zero-order valence-corrected chi connectivity index (χ0v) is 19.0. The summed E-state index contributed by atoms with van der Waals surface area (Å²) in [5.74, 6) is 1.30. The summed E-state index contributed by atoms with van der Waals surface area (Å²) in [7, 11) is 0. The largest absolute Gasteiger partial charge is 0.324 e. The first-order valence-electron chi connectivity index (χ1n) is 11.3. The minimum Gasteiger partial charge on any atom is -0.324 e. The lowest BCUT2D eigenvalue weighted by atomic mass is 10.1. The lowest BCUT2D eigenvalue weighted by Crippen LogP contribution is -2.07. The van der Waals surface area contributed by atoms with E-state index in [2.05, 4.69) is 61.3 Å². The van der Waals surface area contributed by atoms with Crippen molar-refractivity contribution >= 4 is 47.1 Å². The highest BCUT2D eigenvalue weighted by molar-refractivity contribution is 5.78. The second-order valence-corrected chi connectivity index (χ2v) is 7.74. The lowest BCUT2D eigenvalue weighted by molar-refractivity contribution is 1.06. The van der Waals surface area contributed by atoms with Crippen molar-refractivity contribution in [2.75, 3.05) is 16.0 Å². The first-order chi connectivity index (χ1) is 17.3. The second kappa shape index (κ2) is 10.8. The van der Waals surface area contributed by atoms with E-state index in [4.69, 9.17) is 0 Å². The Hall–Kier alpha value is -4.97. The van der Waals surface area contributed by atoms with Gasteiger partial charge in [-0.15, -0.1) is 0 Å². The van der Waals surface area contributed by atoms with Crippen molar-refractivity contribution in [1.82, 2.24) is 15.0 Å². The molecule has 1 aromatic heterocycles. The average molecular weight is 457 g/mol. The van der Waals surface area contributed by atoms with Gasteiger partial charge in [0.1, 0.15) is 0 Å². The van der Waals surface area contributed by atoms with E-state index in [1.165, 1.54) is 0 Å². The maximum atomic E-state index is 4.62. The normalized spacial score (nSPS) is 10.7. The number of hydrogen-bond donors (Lipinski definition) is 3. The maximum Gasteiger partial charge on any atom is 0.233 e. The van der Waals surface area contributed by atoms with Crippen LogP contribution in [-0.4, -0.2) is 15.0 Å². The molecule has 1 heterocycles. The summed E-state index contributed by atoms with van der Waals surface area (Å²) < 4.78 is 0. The fourth-order valence-corrected chi connectivity index (χ4v) is 3.47. The van der Waals surface area contributed by atoms with Crippen molar-refractivity contribution < 1.29 is 0 Å². The van der Waals surface area contributed by atoms with E-state index in [9.17, 15) is 0 Å². The number of para-hydroxylation sites is 3. The van der Waals surface area contributed by atoms with Gasteiger partial charge in [0.2, 0.25) is 17.8 Å². The molecule has 5 rings (SSSR count). The van der Waals surface area contributed by atoms with Gasteiger partial charge in [0, 0.05) is 17.1 Å².